The molecule has 4 rings (SSSR count). The SMILES string of the molecule is C=CC(=O)Nc1cc(Nc2nccc(-c3cn(C)c4ccccc34)n2)c(OC)cc1N(C)CCN(C)S. The van der Waals surface area contributed by atoms with Crippen molar-refractivity contribution in [3.8, 4) is 17.0 Å². The fourth-order valence-corrected chi connectivity index (χ4v) is 4.18. The number of nitrogens with one attached hydrogen (secondary N) is 2. The number of carbonyl (C=O) groups is 1. The second-order valence-electron chi connectivity index (χ2n) is 8.63. The second kappa shape index (κ2) is 11.4. The van der Waals surface area contributed by atoms with E-state index >= 15 is 0 Å². The Morgan fingerprint density at radius 3 is 2.70 bits per heavy atom. The van der Waals surface area contributed by atoms with E-state index in [1.807, 2.05) is 56.4 Å². The number of carbonyl (C=O) groups excluding carboxylic acids is 1. The molecule has 0 radical (unpaired) electrons. The largest absolute Gasteiger partial charge is 0.494 e. The molecule has 10 heteroatoms. The van der Waals surface area contributed by atoms with Crippen molar-refractivity contribution in [3.05, 3.63) is 67.5 Å². The van der Waals surface area contributed by atoms with Gasteiger partial charge in [0.05, 0.1) is 29.9 Å². The number of hydrogen-bond donors (Lipinski definition) is 3. The molecule has 0 atom stereocenters. The van der Waals surface area contributed by atoms with Gasteiger partial charge in [-0.15, -0.1) is 0 Å². The quantitative estimate of drug-likeness (QED) is 0.207. The highest BCUT2D eigenvalue weighted by Crippen LogP contribution is 2.38. The summed E-state index contributed by atoms with van der Waals surface area (Å²) in [6, 6.07) is 13.8. The number of anilines is 4. The fraction of sp³-hybridized carbons (Fsp3) is 0.222. The van der Waals surface area contributed by atoms with Crippen LogP contribution in [0.2, 0.25) is 0 Å². The summed E-state index contributed by atoms with van der Waals surface area (Å²) >= 11 is 4.32. The number of fused-ring (bicyclic) bond motifs is 1. The molecule has 0 aliphatic rings. The summed E-state index contributed by atoms with van der Waals surface area (Å²) < 4.78 is 9.57. The molecule has 0 aliphatic carbocycles. The minimum absolute atomic E-state index is 0.314. The van der Waals surface area contributed by atoms with Gasteiger partial charge < -0.3 is 24.8 Å². The maximum absolute atomic E-state index is 12.2. The maximum atomic E-state index is 12.2. The van der Waals surface area contributed by atoms with E-state index in [1.54, 1.807) is 17.6 Å². The number of amides is 1. The number of thiol groups is 1. The zero-order valence-corrected chi connectivity index (χ0v) is 22.3. The van der Waals surface area contributed by atoms with Crippen molar-refractivity contribution in [2.45, 2.75) is 0 Å². The van der Waals surface area contributed by atoms with Crippen LogP contribution >= 0.6 is 12.8 Å². The fourth-order valence-electron chi connectivity index (χ4n) is 4.09. The summed E-state index contributed by atoms with van der Waals surface area (Å²) in [7, 11) is 7.45. The van der Waals surface area contributed by atoms with Crippen molar-refractivity contribution in [1.82, 2.24) is 18.8 Å². The molecule has 0 bridgehead atoms. The molecule has 0 aliphatic heterocycles. The zero-order chi connectivity index (χ0) is 26.5. The molecule has 2 heterocycles. The van der Waals surface area contributed by atoms with Gasteiger partial charge in [0.2, 0.25) is 11.9 Å². The predicted molar refractivity (Wildman–Crippen MR) is 154 cm³/mol. The minimum Gasteiger partial charge on any atom is -0.494 e. The summed E-state index contributed by atoms with van der Waals surface area (Å²) in [5, 5.41) is 7.27. The molecule has 0 fully saturated rings. The van der Waals surface area contributed by atoms with E-state index in [9.17, 15) is 4.79 Å². The Kier molecular flexibility index (Phi) is 8.00. The first-order valence-corrected chi connectivity index (χ1v) is 12.1. The Balaban J connectivity index is 1.71. The number of methoxy groups -OCH3 is 1. The average molecular weight is 518 g/mol. The third-order valence-electron chi connectivity index (χ3n) is 6.01. The highest BCUT2D eigenvalue weighted by molar-refractivity contribution is 7.77. The van der Waals surface area contributed by atoms with E-state index in [2.05, 4.69) is 57.9 Å². The lowest BCUT2D eigenvalue weighted by atomic mass is 10.1. The molecular weight excluding hydrogens is 486 g/mol. The lowest BCUT2D eigenvalue weighted by Gasteiger charge is -2.25. The van der Waals surface area contributed by atoms with E-state index < -0.39 is 0 Å². The molecule has 0 spiro atoms. The van der Waals surface area contributed by atoms with E-state index in [-0.39, 0.29) is 5.91 Å². The highest BCUT2D eigenvalue weighted by atomic mass is 32.1. The second-order valence-corrected chi connectivity index (χ2v) is 9.31. The number of benzene rings is 2. The Labute approximate surface area is 222 Å². The van der Waals surface area contributed by atoms with Crippen LogP contribution in [0.5, 0.6) is 5.75 Å². The van der Waals surface area contributed by atoms with Crippen LogP contribution in [0.3, 0.4) is 0 Å². The van der Waals surface area contributed by atoms with E-state index in [1.165, 1.54) is 6.08 Å². The first-order valence-electron chi connectivity index (χ1n) is 11.7. The van der Waals surface area contributed by atoms with Gasteiger partial charge in [-0.2, -0.15) is 0 Å². The first-order chi connectivity index (χ1) is 17.8. The zero-order valence-electron chi connectivity index (χ0n) is 21.4. The van der Waals surface area contributed by atoms with E-state index in [4.69, 9.17) is 9.72 Å². The van der Waals surface area contributed by atoms with Gasteiger partial charge in [-0.3, -0.25) is 9.10 Å². The topological polar surface area (TPSA) is 87.5 Å². The number of hydrogen-bond acceptors (Lipinski definition) is 8. The summed E-state index contributed by atoms with van der Waals surface area (Å²) in [6.07, 6.45) is 5.02. The van der Waals surface area contributed by atoms with Gasteiger partial charge in [0, 0.05) is 62.1 Å². The van der Waals surface area contributed by atoms with Crippen LogP contribution in [0.4, 0.5) is 23.0 Å². The summed E-state index contributed by atoms with van der Waals surface area (Å²) in [5.41, 5.74) is 4.93. The number of aryl methyl sites for hydroxylation is 1. The monoisotopic (exact) mass is 517 g/mol. The number of para-hydroxylation sites is 1. The molecule has 0 saturated heterocycles. The smallest absolute Gasteiger partial charge is 0.247 e. The Morgan fingerprint density at radius 1 is 1.19 bits per heavy atom. The number of nitrogens with zero attached hydrogens (tertiary/aromatic N) is 5. The van der Waals surface area contributed by atoms with Crippen LogP contribution in [0.15, 0.2) is 67.5 Å². The molecule has 192 valence electrons. The Bertz CT molecular complexity index is 1430. The lowest BCUT2D eigenvalue weighted by Crippen LogP contribution is -2.27. The van der Waals surface area contributed by atoms with Crippen molar-refractivity contribution in [3.63, 3.8) is 0 Å². The van der Waals surface area contributed by atoms with Crippen LogP contribution in [0.1, 0.15) is 0 Å². The minimum atomic E-state index is -0.314. The molecule has 9 nitrogen and oxygen atoms in total. The normalized spacial score (nSPS) is 11.0. The van der Waals surface area contributed by atoms with Gasteiger partial charge in [-0.05, 0) is 31.3 Å². The van der Waals surface area contributed by atoms with Crippen molar-refractivity contribution < 1.29 is 9.53 Å². The lowest BCUT2D eigenvalue weighted by molar-refractivity contribution is -0.111. The van der Waals surface area contributed by atoms with Crippen molar-refractivity contribution >= 4 is 52.6 Å². The number of ether oxygens (including phenoxy) is 1. The van der Waals surface area contributed by atoms with Crippen LogP contribution in [0, 0.1) is 0 Å². The molecule has 4 aromatic rings. The molecular formula is C27H31N7O2S. The summed E-state index contributed by atoms with van der Waals surface area (Å²) in [5.74, 6) is 0.672. The molecule has 0 saturated carbocycles. The third kappa shape index (κ3) is 5.87. The van der Waals surface area contributed by atoms with Crippen molar-refractivity contribution in [2.24, 2.45) is 7.05 Å². The van der Waals surface area contributed by atoms with Crippen LogP contribution in [-0.2, 0) is 11.8 Å². The molecule has 0 unspecified atom stereocenters. The Morgan fingerprint density at radius 2 is 1.97 bits per heavy atom. The summed E-state index contributed by atoms with van der Waals surface area (Å²) in [4.78, 5) is 23.4. The van der Waals surface area contributed by atoms with Crippen molar-refractivity contribution in [1.29, 1.82) is 0 Å². The molecule has 2 N–H and O–H groups in total. The maximum Gasteiger partial charge on any atom is 0.247 e. The van der Waals surface area contributed by atoms with Gasteiger partial charge in [0.1, 0.15) is 5.75 Å². The van der Waals surface area contributed by atoms with Gasteiger partial charge in [0.15, 0.2) is 0 Å². The predicted octanol–water partition coefficient (Wildman–Crippen LogP) is 4.72. The molecule has 1 amide bonds. The molecule has 2 aromatic heterocycles. The number of aromatic nitrogens is 3. The van der Waals surface area contributed by atoms with Crippen LogP contribution in [0.25, 0.3) is 22.2 Å². The van der Waals surface area contributed by atoms with Gasteiger partial charge in [-0.25, -0.2) is 9.97 Å². The Hall–Kier alpha value is -4.02. The van der Waals surface area contributed by atoms with Gasteiger partial charge in [-0.1, -0.05) is 37.6 Å². The average Bonchev–Trinajstić information content (AvgIpc) is 3.24. The van der Waals surface area contributed by atoms with Crippen molar-refractivity contribution in [2.75, 3.05) is 49.8 Å². The molecule has 2 aromatic carbocycles. The van der Waals surface area contributed by atoms with E-state index in [0.717, 1.165) is 27.8 Å². The van der Waals surface area contributed by atoms with Gasteiger partial charge in [0.25, 0.3) is 0 Å². The van der Waals surface area contributed by atoms with Crippen LogP contribution in [-0.4, -0.2) is 59.0 Å². The van der Waals surface area contributed by atoms with Crippen LogP contribution < -0.4 is 20.3 Å². The number of likely N-dealkylation sites (N-methyl/N-ethyl adjacent to an activating group) is 2. The first kappa shape index (κ1) is 26.1. The van der Waals surface area contributed by atoms with E-state index in [0.29, 0.717) is 36.2 Å². The van der Waals surface area contributed by atoms with Gasteiger partial charge >= 0.3 is 0 Å². The highest BCUT2D eigenvalue weighted by Gasteiger charge is 2.17. The number of rotatable bonds is 10. The summed E-state index contributed by atoms with van der Waals surface area (Å²) in [6.45, 7) is 4.97. The molecule has 37 heavy (non-hydrogen) atoms. The standard InChI is InChI=1S/C27H31N7O2S/c1-6-26(35)29-21-15-22(25(36-5)16-24(21)32(2)13-14-34(4)37)31-27-28-12-11-20(30-27)19-17-33(3)23-10-8-7-9-18(19)23/h6-12,15-17,37H,1,13-14H2,2-5H3,(H,29,35)(H,28,30,31). The third-order valence-corrected chi connectivity index (χ3v) is 6.21.